The van der Waals surface area contributed by atoms with Crippen molar-refractivity contribution in [3.63, 3.8) is 0 Å². The average molecular weight is 463 g/mol. The van der Waals surface area contributed by atoms with E-state index in [4.69, 9.17) is 21.9 Å². The average Bonchev–Trinajstić information content (AvgIpc) is 2.82. The van der Waals surface area contributed by atoms with Crippen LogP contribution in [0.5, 0.6) is 0 Å². The fourth-order valence-electron chi connectivity index (χ4n) is 3.86. The van der Waals surface area contributed by atoms with E-state index >= 15 is 0 Å². The zero-order chi connectivity index (χ0) is 23.7. The van der Waals surface area contributed by atoms with Crippen LogP contribution < -0.4 is 22.0 Å². The number of benzene rings is 2. The molecule has 33 heavy (non-hydrogen) atoms. The van der Waals surface area contributed by atoms with Crippen molar-refractivity contribution in [1.82, 2.24) is 10.4 Å². The molecule has 4 rings (SSSR count). The molecule has 8 heteroatoms. The highest BCUT2D eigenvalue weighted by Gasteiger charge is 2.21. The van der Waals surface area contributed by atoms with Crippen molar-refractivity contribution in [2.45, 2.75) is 26.8 Å². The number of halogens is 1. The van der Waals surface area contributed by atoms with E-state index in [1.807, 2.05) is 56.3 Å². The summed E-state index contributed by atoms with van der Waals surface area (Å²) < 4.78 is 6.35. The van der Waals surface area contributed by atoms with E-state index in [0.29, 0.717) is 28.0 Å². The highest BCUT2D eigenvalue weighted by atomic mass is 35.5. The van der Waals surface area contributed by atoms with Crippen molar-refractivity contribution in [2.24, 2.45) is 5.84 Å². The molecule has 0 saturated heterocycles. The number of anilines is 1. The number of hydrazine groups is 1. The van der Waals surface area contributed by atoms with Crippen LogP contribution in [-0.2, 0) is 0 Å². The van der Waals surface area contributed by atoms with Gasteiger partial charge < -0.3 is 9.73 Å². The van der Waals surface area contributed by atoms with Gasteiger partial charge in [0.2, 0.25) is 0 Å². The van der Waals surface area contributed by atoms with Gasteiger partial charge in [-0.25, -0.2) is 10.8 Å². The Balaban J connectivity index is 1.87. The fraction of sp³-hybridized carbons (Fsp3) is 0.160. The monoisotopic (exact) mass is 462 g/mol. The lowest BCUT2D eigenvalue weighted by Gasteiger charge is -2.20. The van der Waals surface area contributed by atoms with Gasteiger partial charge in [0.1, 0.15) is 16.5 Å². The Morgan fingerprint density at radius 1 is 1.12 bits per heavy atom. The molecular weight excluding hydrogens is 440 g/mol. The molecule has 0 aliphatic rings. The second-order valence-electron chi connectivity index (χ2n) is 7.85. The summed E-state index contributed by atoms with van der Waals surface area (Å²) in [6.45, 7) is 5.61. The number of pyridine rings is 1. The number of carbonyl (C=O) groups excluding carboxylic acids is 1. The molecule has 1 unspecified atom stereocenters. The van der Waals surface area contributed by atoms with Gasteiger partial charge in [-0.3, -0.25) is 15.0 Å². The first kappa shape index (κ1) is 22.5. The summed E-state index contributed by atoms with van der Waals surface area (Å²) in [5.74, 6) is 5.26. The van der Waals surface area contributed by atoms with Gasteiger partial charge in [0.25, 0.3) is 5.91 Å². The third-order valence-corrected chi connectivity index (χ3v) is 5.68. The molecule has 0 aliphatic heterocycles. The van der Waals surface area contributed by atoms with Crippen molar-refractivity contribution in [1.29, 1.82) is 0 Å². The summed E-state index contributed by atoms with van der Waals surface area (Å²) in [4.78, 5) is 29.5. The maximum atomic E-state index is 13.3. The predicted octanol–water partition coefficient (Wildman–Crippen LogP) is 4.90. The van der Waals surface area contributed by atoms with Gasteiger partial charge in [-0.15, -0.1) is 0 Å². The Labute approximate surface area is 195 Å². The number of aromatic nitrogens is 1. The Hall–Kier alpha value is -3.68. The van der Waals surface area contributed by atoms with Crippen molar-refractivity contribution >= 4 is 34.2 Å². The number of nitrogens with one attached hydrogen (secondary N) is 2. The maximum absolute atomic E-state index is 13.3. The quantitative estimate of drug-likeness (QED) is 0.168. The van der Waals surface area contributed by atoms with E-state index in [1.54, 1.807) is 19.1 Å². The number of hydrogen-bond acceptors (Lipinski definition) is 6. The van der Waals surface area contributed by atoms with Gasteiger partial charge in [0.05, 0.1) is 17.1 Å². The molecule has 1 atom stereocenters. The van der Waals surface area contributed by atoms with E-state index in [2.05, 4.69) is 15.7 Å². The van der Waals surface area contributed by atoms with Gasteiger partial charge in [0, 0.05) is 16.7 Å². The van der Waals surface area contributed by atoms with E-state index in [9.17, 15) is 9.59 Å². The van der Waals surface area contributed by atoms with Crippen molar-refractivity contribution in [3.8, 4) is 11.3 Å². The topological polar surface area (TPSA) is 110 Å². The number of aryl methyl sites for hydroxylation is 1. The molecule has 7 nitrogen and oxygen atoms in total. The molecule has 0 saturated carbocycles. The third-order valence-electron chi connectivity index (χ3n) is 5.47. The summed E-state index contributed by atoms with van der Waals surface area (Å²) in [5.41, 5.74) is 6.06. The third kappa shape index (κ3) is 4.33. The SMILES string of the molecule is Cc1cc(C(C)Nc2ccc(Cl)nc2C(=O)NN)c2oc(-c3ccccc3)c(C)c(=O)c2c1. The standard InChI is InChI=1S/C25H23ClN4O3/c1-13-11-17(15(3)28-19-9-10-20(26)29-21(19)25(32)30-27)24-18(12-13)22(31)14(2)23(33-24)16-7-5-4-6-8-16/h4-12,15,28H,27H2,1-3H3,(H,30,32). The molecule has 0 fully saturated rings. The van der Waals surface area contributed by atoms with Crippen molar-refractivity contribution in [3.05, 3.63) is 92.4 Å². The Bertz CT molecular complexity index is 1420. The highest BCUT2D eigenvalue weighted by Crippen LogP contribution is 2.32. The van der Waals surface area contributed by atoms with Crippen LogP contribution in [0.4, 0.5) is 5.69 Å². The fourth-order valence-corrected chi connectivity index (χ4v) is 4.01. The lowest BCUT2D eigenvalue weighted by atomic mass is 9.98. The largest absolute Gasteiger partial charge is 0.455 e. The second kappa shape index (κ2) is 9.05. The zero-order valence-corrected chi connectivity index (χ0v) is 19.2. The van der Waals surface area contributed by atoms with Crippen LogP contribution in [0.1, 0.15) is 40.1 Å². The number of amides is 1. The first-order chi connectivity index (χ1) is 15.8. The van der Waals surface area contributed by atoms with Crippen LogP contribution in [0, 0.1) is 13.8 Å². The minimum absolute atomic E-state index is 0.0658. The van der Waals surface area contributed by atoms with Gasteiger partial charge in [-0.05, 0) is 44.5 Å². The number of hydrogen-bond donors (Lipinski definition) is 3. The normalized spacial score (nSPS) is 11.9. The second-order valence-corrected chi connectivity index (χ2v) is 8.24. The van der Waals surface area contributed by atoms with Crippen LogP contribution in [0.3, 0.4) is 0 Å². The summed E-state index contributed by atoms with van der Waals surface area (Å²) in [6, 6.07) is 16.2. The molecule has 2 aromatic heterocycles. The molecule has 1 amide bonds. The number of carbonyl (C=O) groups is 1. The molecule has 0 bridgehead atoms. The van der Waals surface area contributed by atoms with E-state index in [-0.39, 0.29) is 22.3 Å². The lowest BCUT2D eigenvalue weighted by Crippen LogP contribution is -2.31. The smallest absolute Gasteiger partial charge is 0.285 e. The summed E-state index contributed by atoms with van der Waals surface area (Å²) in [5, 5.41) is 3.96. The minimum atomic E-state index is -0.574. The minimum Gasteiger partial charge on any atom is -0.455 e. The van der Waals surface area contributed by atoms with Crippen molar-refractivity contribution < 1.29 is 9.21 Å². The van der Waals surface area contributed by atoms with Crippen LogP contribution in [0.15, 0.2) is 63.8 Å². The summed E-state index contributed by atoms with van der Waals surface area (Å²) >= 11 is 5.97. The zero-order valence-electron chi connectivity index (χ0n) is 18.4. The van der Waals surface area contributed by atoms with E-state index < -0.39 is 5.91 Å². The number of nitrogens with zero attached hydrogens (tertiary/aromatic N) is 1. The number of rotatable bonds is 5. The Morgan fingerprint density at radius 3 is 2.55 bits per heavy atom. The predicted molar refractivity (Wildman–Crippen MR) is 130 cm³/mol. The Kier molecular flexibility index (Phi) is 6.18. The molecule has 0 radical (unpaired) electrons. The lowest BCUT2D eigenvalue weighted by molar-refractivity contribution is 0.0949. The molecule has 4 aromatic rings. The molecule has 168 valence electrons. The first-order valence-corrected chi connectivity index (χ1v) is 10.8. The number of fused-ring (bicyclic) bond motifs is 1. The van der Waals surface area contributed by atoms with Gasteiger partial charge >= 0.3 is 0 Å². The molecule has 0 aliphatic carbocycles. The molecular formula is C25H23ClN4O3. The Morgan fingerprint density at radius 2 is 1.85 bits per heavy atom. The molecule has 2 aromatic carbocycles. The van der Waals surface area contributed by atoms with Gasteiger partial charge in [-0.2, -0.15) is 0 Å². The van der Waals surface area contributed by atoms with Crippen LogP contribution >= 0.6 is 11.6 Å². The summed E-state index contributed by atoms with van der Waals surface area (Å²) in [7, 11) is 0. The van der Waals surface area contributed by atoms with Crippen molar-refractivity contribution in [2.75, 3.05) is 5.32 Å². The van der Waals surface area contributed by atoms with Crippen LogP contribution in [0.25, 0.3) is 22.3 Å². The maximum Gasteiger partial charge on any atom is 0.285 e. The molecule has 0 spiro atoms. The van der Waals surface area contributed by atoms with E-state index in [0.717, 1.165) is 16.7 Å². The van der Waals surface area contributed by atoms with Crippen LogP contribution in [0.2, 0.25) is 5.15 Å². The number of nitrogen functional groups attached to an aromatic ring is 1. The van der Waals surface area contributed by atoms with Crippen LogP contribution in [-0.4, -0.2) is 10.9 Å². The number of nitrogens with two attached hydrogens (primary N) is 1. The highest BCUT2D eigenvalue weighted by molar-refractivity contribution is 6.29. The first-order valence-electron chi connectivity index (χ1n) is 10.4. The van der Waals surface area contributed by atoms with Gasteiger partial charge in [-0.1, -0.05) is 48.0 Å². The van der Waals surface area contributed by atoms with E-state index in [1.165, 1.54) is 0 Å². The molecule has 4 N–H and O–H groups in total. The molecule has 2 heterocycles. The summed E-state index contributed by atoms with van der Waals surface area (Å²) in [6.07, 6.45) is 0. The van der Waals surface area contributed by atoms with Gasteiger partial charge in [0.15, 0.2) is 11.1 Å².